The SMILES string of the molecule is Cc1ccc(OC/C=C/c2ccc(CO[Si](C)(C)C(C)(C)C)cc2C)cc1. The Kier molecular flexibility index (Phi) is 7.07. The van der Waals surface area contributed by atoms with Gasteiger partial charge in [0.05, 0.1) is 6.61 Å². The predicted molar refractivity (Wildman–Crippen MR) is 119 cm³/mol. The Morgan fingerprint density at radius 1 is 0.963 bits per heavy atom. The summed E-state index contributed by atoms with van der Waals surface area (Å²) in [7, 11) is -1.71. The summed E-state index contributed by atoms with van der Waals surface area (Å²) < 4.78 is 12.1. The zero-order valence-electron chi connectivity index (χ0n) is 17.9. The Hall–Kier alpha value is -1.84. The highest BCUT2D eigenvalue weighted by Crippen LogP contribution is 2.37. The number of ether oxygens (including phenoxy) is 1. The van der Waals surface area contributed by atoms with Gasteiger partial charge in [-0.25, -0.2) is 0 Å². The second-order valence-electron chi connectivity index (χ2n) is 8.77. The average molecular weight is 383 g/mol. The van der Waals surface area contributed by atoms with Crippen molar-refractivity contribution < 1.29 is 9.16 Å². The molecule has 0 saturated heterocycles. The lowest BCUT2D eigenvalue weighted by atomic mass is 10.1. The summed E-state index contributed by atoms with van der Waals surface area (Å²) in [6.45, 7) is 16.9. The van der Waals surface area contributed by atoms with Crippen molar-refractivity contribution in [2.75, 3.05) is 6.61 Å². The molecule has 0 aromatic heterocycles. The van der Waals surface area contributed by atoms with Gasteiger partial charge in [-0.15, -0.1) is 0 Å². The van der Waals surface area contributed by atoms with Crippen LogP contribution in [0, 0.1) is 13.8 Å². The summed E-state index contributed by atoms with van der Waals surface area (Å²) in [5, 5.41) is 0.238. The van der Waals surface area contributed by atoms with E-state index in [1.807, 2.05) is 12.1 Å². The van der Waals surface area contributed by atoms with E-state index in [1.54, 1.807) is 0 Å². The molecule has 0 saturated carbocycles. The summed E-state index contributed by atoms with van der Waals surface area (Å²) in [5.41, 5.74) is 4.97. The van der Waals surface area contributed by atoms with Crippen molar-refractivity contribution >= 4 is 14.4 Å². The number of hydrogen-bond donors (Lipinski definition) is 0. The van der Waals surface area contributed by atoms with Crippen LogP contribution < -0.4 is 4.74 Å². The lowest BCUT2D eigenvalue weighted by Crippen LogP contribution is -2.40. The number of aryl methyl sites for hydroxylation is 2. The largest absolute Gasteiger partial charge is 0.490 e. The van der Waals surface area contributed by atoms with Crippen LogP contribution in [0.2, 0.25) is 18.1 Å². The number of rotatable bonds is 7. The van der Waals surface area contributed by atoms with Crippen molar-refractivity contribution in [1.82, 2.24) is 0 Å². The summed E-state index contributed by atoms with van der Waals surface area (Å²) in [6.07, 6.45) is 4.19. The lowest BCUT2D eigenvalue weighted by Gasteiger charge is -2.36. The van der Waals surface area contributed by atoms with E-state index in [9.17, 15) is 0 Å². The molecule has 0 N–H and O–H groups in total. The molecule has 27 heavy (non-hydrogen) atoms. The van der Waals surface area contributed by atoms with Crippen LogP contribution in [-0.4, -0.2) is 14.9 Å². The summed E-state index contributed by atoms with van der Waals surface area (Å²) in [4.78, 5) is 0. The molecule has 2 rings (SSSR count). The molecule has 146 valence electrons. The van der Waals surface area contributed by atoms with Gasteiger partial charge in [0, 0.05) is 0 Å². The maximum atomic E-state index is 6.33. The molecule has 0 unspecified atom stereocenters. The topological polar surface area (TPSA) is 18.5 Å². The van der Waals surface area contributed by atoms with E-state index in [0.717, 1.165) is 5.75 Å². The third kappa shape index (κ3) is 6.37. The van der Waals surface area contributed by atoms with Crippen LogP contribution in [-0.2, 0) is 11.0 Å². The molecular weight excluding hydrogens is 348 g/mol. The molecule has 0 fully saturated rings. The van der Waals surface area contributed by atoms with Crippen LogP contribution in [0.4, 0.5) is 0 Å². The highest BCUT2D eigenvalue weighted by Gasteiger charge is 2.36. The fraction of sp³-hybridized carbons (Fsp3) is 0.417. The third-order valence-corrected chi connectivity index (χ3v) is 9.88. The normalized spacial score (nSPS) is 12.6. The van der Waals surface area contributed by atoms with E-state index in [0.29, 0.717) is 13.2 Å². The van der Waals surface area contributed by atoms with Gasteiger partial charge < -0.3 is 9.16 Å². The summed E-state index contributed by atoms with van der Waals surface area (Å²) >= 11 is 0. The van der Waals surface area contributed by atoms with Gasteiger partial charge in [0.1, 0.15) is 12.4 Å². The van der Waals surface area contributed by atoms with Gasteiger partial charge in [0.2, 0.25) is 0 Å². The zero-order chi connectivity index (χ0) is 20.1. The quantitative estimate of drug-likeness (QED) is 0.484. The Morgan fingerprint density at radius 3 is 2.22 bits per heavy atom. The molecule has 0 spiro atoms. The maximum absolute atomic E-state index is 6.33. The van der Waals surface area contributed by atoms with E-state index in [-0.39, 0.29) is 5.04 Å². The first-order valence-corrected chi connectivity index (χ1v) is 12.6. The molecule has 2 aromatic carbocycles. The van der Waals surface area contributed by atoms with Crippen LogP contribution in [0.25, 0.3) is 6.08 Å². The molecule has 3 heteroatoms. The minimum Gasteiger partial charge on any atom is -0.490 e. The van der Waals surface area contributed by atoms with Crippen LogP contribution in [0.15, 0.2) is 48.5 Å². The molecule has 2 aromatic rings. The van der Waals surface area contributed by atoms with Gasteiger partial charge in [0.25, 0.3) is 0 Å². The first-order valence-electron chi connectivity index (χ1n) is 9.68. The van der Waals surface area contributed by atoms with Crippen molar-refractivity contribution in [1.29, 1.82) is 0 Å². The fourth-order valence-corrected chi connectivity index (χ4v) is 3.41. The van der Waals surface area contributed by atoms with Gasteiger partial charge in [-0.1, -0.05) is 62.7 Å². The van der Waals surface area contributed by atoms with E-state index in [1.165, 1.54) is 22.3 Å². The highest BCUT2D eigenvalue weighted by molar-refractivity contribution is 6.74. The van der Waals surface area contributed by atoms with Gasteiger partial charge in [-0.2, -0.15) is 0 Å². The van der Waals surface area contributed by atoms with Crippen molar-refractivity contribution in [3.05, 3.63) is 70.8 Å². The molecule has 0 aliphatic rings. The van der Waals surface area contributed by atoms with Crippen molar-refractivity contribution in [2.45, 2.75) is 59.4 Å². The minimum absolute atomic E-state index is 0.238. The summed E-state index contributed by atoms with van der Waals surface area (Å²) in [6, 6.07) is 14.7. The molecule has 0 atom stereocenters. The molecule has 2 nitrogen and oxygen atoms in total. The minimum atomic E-state index is -1.71. The number of hydrogen-bond acceptors (Lipinski definition) is 2. The van der Waals surface area contributed by atoms with Crippen molar-refractivity contribution in [2.24, 2.45) is 0 Å². The smallest absolute Gasteiger partial charge is 0.192 e. The van der Waals surface area contributed by atoms with Crippen LogP contribution in [0.1, 0.15) is 43.0 Å². The first kappa shape index (κ1) is 21.5. The van der Waals surface area contributed by atoms with Gasteiger partial charge in [-0.05, 0) is 66.9 Å². The van der Waals surface area contributed by atoms with E-state index in [2.05, 4.69) is 90.2 Å². The molecule has 0 aliphatic carbocycles. The van der Waals surface area contributed by atoms with Crippen molar-refractivity contribution in [3.8, 4) is 5.75 Å². The van der Waals surface area contributed by atoms with Gasteiger partial charge in [-0.3, -0.25) is 0 Å². The second kappa shape index (κ2) is 8.90. The molecule has 0 radical (unpaired) electrons. The van der Waals surface area contributed by atoms with E-state index >= 15 is 0 Å². The monoisotopic (exact) mass is 382 g/mol. The molecular formula is C24H34O2Si. The van der Waals surface area contributed by atoms with E-state index < -0.39 is 8.32 Å². The Morgan fingerprint density at radius 2 is 1.63 bits per heavy atom. The predicted octanol–water partition coefficient (Wildman–Crippen LogP) is 6.92. The van der Waals surface area contributed by atoms with Crippen LogP contribution in [0.5, 0.6) is 5.75 Å². The Labute approximate surface area is 166 Å². The number of benzene rings is 2. The molecule has 0 amide bonds. The fourth-order valence-electron chi connectivity index (χ4n) is 2.45. The highest BCUT2D eigenvalue weighted by atomic mass is 28.4. The first-order chi connectivity index (χ1) is 12.6. The second-order valence-corrected chi connectivity index (χ2v) is 13.6. The van der Waals surface area contributed by atoms with Crippen LogP contribution >= 0.6 is 0 Å². The zero-order valence-corrected chi connectivity index (χ0v) is 18.9. The molecule has 0 heterocycles. The lowest BCUT2D eigenvalue weighted by molar-refractivity contribution is 0.276. The third-order valence-electron chi connectivity index (χ3n) is 5.40. The standard InChI is InChI=1S/C24H34O2Si/c1-19-10-14-23(15-11-19)25-16-8-9-22-13-12-21(17-20(22)2)18-26-27(6,7)24(3,4)5/h8-15,17H,16,18H2,1-7H3/b9-8+. The molecule has 0 aliphatic heterocycles. The van der Waals surface area contributed by atoms with Gasteiger partial charge >= 0.3 is 0 Å². The summed E-state index contributed by atoms with van der Waals surface area (Å²) in [5.74, 6) is 0.903. The Balaban J connectivity index is 1.91. The Bertz CT molecular complexity index is 768. The van der Waals surface area contributed by atoms with E-state index in [4.69, 9.17) is 9.16 Å². The molecule has 0 bridgehead atoms. The average Bonchev–Trinajstić information content (AvgIpc) is 2.59. The van der Waals surface area contributed by atoms with Gasteiger partial charge in [0.15, 0.2) is 8.32 Å². The van der Waals surface area contributed by atoms with Crippen LogP contribution in [0.3, 0.4) is 0 Å². The maximum Gasteiger partial charge on any atom is 0.192 e. The van der Waals surface area contributed by atoms with Crippen molar-refractivity contribution in [3.63, 3.8) is 0 Å².